The van der Waals surface area contributed by atoms with Crippen molar-refractivity contribution in [1.82, 2.24) is 0 Å². The lowest BCUT2D eigenvalue weighted by Crippen LogP contribution is -2.28. The van der Waals surface area contributed by atoms with Gasteiger partial charge in [-0.25, -0.2) is 0 Å². The number of furan rings is 1. The van der Waals surface area contributed by atoms with E-state index < -0.39 is 0 Å². The monoisotopic (exact) mass is 793 g/mol. The highest BCUT2D eigenvalue weighted by Gasteiger charge is 2.53. The molecule has 0 saturated carbocycles. The first-order valence-electron chi connectivity index (χ1n) is 22.1. The summed E-state index contributed by atoms with van der Waals surface area (Å²) in [6, 6.07) is 63.2. The van der Waals surface area contributed by atoms with E-state index in [-0.39, 0.29) is 5.41 Å². The molecule has 2 heteroatoms. The standard InChI is InChI=1S/C60H43NO/c1-38-25-33-49-47-17-7-9-22-53(47)60(55(49)35-38)54-23-10-8-18-48(54)50-34-29-43(37-56(50)60)40-26-30-44(31-27-40)61(45-32-28-39-13-5-6-16-42(39)36-45)57-24-12-21-52-51-20-11-19-46(58(51)62-59(52)57)41-14-3-2-4-15-41/h3,5-34,36-38H,2,4,35H2,1H3. The molecule has 62 heavy (non-hydrogen) atoms. The van der Waals surface area contributed by atoms with Gasteiger partial charge in [0.15, 0.2) is 5.58 Å². The summed E-state index contributed by atoms with van der Waals surface area (Å²) in [5.41, 5.74) is 20.7. The molecule has 1 spiro atoms. The third-order valence-electron chi connectivity index (χ3n) is 14.1. The zero-order chi connectivity index (χ0) is 40.9. The van der Waals surface area contributed by atoms with Crippen LogP contribution in [0, 0.1) is 5.92 Å². The third-order valence-corrected chi connectivity index (χ3v) is 14.1. The molecule has 0 fully saturated rings. The van der Waals surface area contributed by atoms with Gasteiger partial charge in [0, 0.05) is 27.7 Å². The summed E-state index contributed by atoms with van der Waals surface area (Å²) in [7, 11) is 0. The minimum atomic E-state index is -0.311. The Morgan fingerprint density at radius 1 is 0.532 bits per heavy atom. The van der Waals surface area contributed by atoms with E-state index in [4.69, 9.17) is 4.42 Å². The van der Waals surface area contributed by atoms with Crippen molar-refractivity contribution in [3.63, 3.8) is 0 Å². The first-order valence-corrected chi connectivity index (χ1v) is 22.1. The Kier molecular flexibility index (Phi) is 7.72. The lowest BCUT2D eigenvalue weighted by molar-refractivity contribution is 0.630. The van der Waals surface area contributed by atoms with Gasteiger partial charge in [0.1, 0.15) is 5.58 Å². The number of para-hydroxylation sites is 2. The van der Waals surface area contributed by atoms with Crippen molar-refractivity contribution in [1.29, 1.82) is 0 Å². The summed E-state index contributed by atoms with van der Waals surface area (Å²) >= 11 is 0. The highest BCUT2D eigenvalue weighted by atomic mass is 16.3. The smallest absolute Gasteiger partial charge is 0.159 e. The van der Waals surface area contributed by atoms with Gasteiger partial charge in [0.25, 0.3) is 0 Å². The molecule has 0 aliphatic heterocycles. The molecule has 294 valence electrons. The normalized spacial score (nSPS) is 18.3. The molecule has 2 atom stereocenters. The van der Waals surface area contributed by atoms with Gasteiger partial charge in [-0.15, -0.1) is 0 Å². The average Bonchev–Trinajstić information content (AvgIpc) is 3.96. The minimum absolute atomic E-state index is 0.311. The van der Waals surface area contributed by atoms with E-state index in [0.29, 0.717) is 5.92 Å². The van der Waals surface area contributed by atoms with Crippen LogP contribution in [0.15, 0.2) is 210 Å². The van der Waals surface area contributed by atoms with Gasteiger partial charge in [-0.05, 0) is 134 Å². The zero-order valence-electron chi connectivity index (χ0n) is 34.6. The number of anilines is 3. The Bertz CT molecular complexity index is 3460. The molecule has 1 heterocycles. The Balaban J connectivity index is 0.969. The molecule has 0 amide bonds. The Labute approximate surface area is 362 Å². The van der Waals surface area contributed by atoms with Gasteiger partial charge in [0.2, 0.25) is 0 Å². The summed E-state index contributed by atoms with van der Waals surface area (Å²) in [5.74, 6) is 0.483. The van der Waals surface area contributed by atoms with Gasteiger partial charge >= 0.3 is 0 Å². The molecule has 0 saturated heterocycles. The van der Waals surface area contributed by atoms with Crippen LogP contribution in [0.25, 0.3) is 66.1 Å². The van der Waals surface area contributed by atoms with Gasteiger partial charge in [-0.2, -0.15) is 0 Å². The quantitative estimate of drug-likeness (QED) is 0.173. The first-order chi connectivity index (χ1) is 30.6. The Morgan fingerprint density at radius 2 is 1.23 bits per heavy atom. The van der Waals surface area contributed by atoms with E-state index >= 15 is 0 Å². The van der Waals surface area contributed by atoms with Crippen molar-refractivity contribution in [2.24, 2.45) is 5.92 Å². The number of fused-ring (bicyclic) bond motifs is 13. The number of rotatable bonds is 5. The van der Waals surface area contributed by atoms with Crippen LogP contribution in [0.3, 0.4) is 0 Å². The number of hydrogen-bond donors (Lipinski definition) is 0. The van der Waals surface area contributed by atoms with Crippen molar-refractivity contribution < 1.29 is 4.42 Å². The van der Waals surface area contributed by atoms with E-state index in [1.807, 2.05) is 0 Å². The van der Waals surface area contributed by atoms with Crippen LogP contribution in [0.1, 0.15) is 54.0 Å². The highest BCUT2D eigenvalue weighted by Crippen LogP contribution is 2.64. The minimum Gasteiger partial charge on any atom is -0.453 e. The summed E-state index contributed by atoms with van der Waals surface area (Å²) in [4.78, 5) is 2.37. The van der Waals surface area contributed by atoms with Crippen LogP contribution in [-0.2, 0) is 5.41 Å². The first kappa shape index (κ1) is 35.3. The molecular formula is C60H43NO. The van der Waals surface area contributed by atoms with Crippen LogP contribution in [0.2, 0.25) is 0 Å². The maximum Gasteiger partial charge on any atom is 0.159 e. The van der Waals surface area contributed by atoms with Gasteiger partial charge in [0.05, 0.1) is 11.1 Å². The molecule has 0 bridgehead atoms. The lowest BCUT2D eigenvalue weighted by atomic mass is 9.67. The van der Waals surface area contributed by atoms with E-state index in [1.54, 1.807) is 0 Å². The second-order valence-corrected chi connectivity index (χ2v) is 17.5. The van der Waals surface area contributed by atoms with Gasteiger partial charge in [-0.3, -0.25) is 0 Å². The number of nitrogens with zero attached hydrogens (tertiary/aromatic N) is 1. The van der Waals surface area contributed by atoms with Crippen LogP contribution in [0.5, 0.6) is 0 Å². The van der Waals surface area contributed by atoms with Crippen molar-refractivity contribution in [3.8, 4) is 22.3 Å². The average molecular weight is 794 g/mol. The molecular weight excluding hydrogens is 751 g/mol. The molecule has 13 rings (SSSR count). The fraction of sp³-hybridized carbons (Fsp3) is 0.100. The molecule has 9 aromatic rings. The van der Waals surface area contributed by atoms with Crippen LogP contribution < -0.4 is 4.90 Å². The lowest BCUT2D eigenvalue weighted by Gasteiger charge is -2.34. The van der Waals surface area contributed by atoms with Crippen molar-refractivity contribution in [2.75, 3.05) is 4.90 Å². The van der Waals surface area contributed by atoms with Crippen molar-refractivity contribution >= 4 is 60.9 Å². The SMILES string of the molecule is CC1C=CC2=C(C1)C1(c3ccccc32)c2ccccc2-c2ccc(-c3ccc(N(c4ccc5ccccc5c4)c4cccc5c4oc4c(C6=CCCC=C6)cccc45)cc3)cc21. The topological polar surface area (TPSA) is 16.4 Å². The molecule has 1 aromatic heterocycles. The van der Waals surface area contributed by atoms with Crippen molar-refractivity contribution in [2.45, 2.75) is 31.6 Å². The van der Waals surface area contributed by atoms with Crippen molar-refractivity contribution in [3.05, 3.63) is 234 Å². The number of hydrogen-bond acceptors (Lipinski definition) is 2. The summed E-state index contributed by atoms with van der Waals surface area (Å²) < 4.78 is 7.03. The number of benzene rings is 8. The van der Waals surface area contributed by atoms with Gasteiger partial charge in [-0.1, -0.05) is 171 Å². The predicted molar refractivity (Wildman–Crippen MR) is 259 cm³/mol. The van der Waals surface area contributed by atoms with E-state index in [1.165, 1.54) is 72.0 Å². The Hall–Kier alpha value is -7.42. The third kappa shape index (κ3) is 5.04. The maximum atomic E-state index is 7.03. The predicted octanol–water partition coefficient (Wildman–Crippen LogP) is 16.3. The second kappa shape index (κ2) is 13.5. The van der Waals surface area contributed by atoms with E-state index in [0.717, 1.165) is 63.8 Å². The van der Waals surface area contributed by atoms with E-state index in [9.17, 15) is 0 Å². The summed E-state index contributed by atoms with van der Waals surface area (Å²) in [5, 5.41) is 4.67. The van der Waals surface area contributed by atoms with E-state index in [2.05, 4.69) is 212 Å². The molecule has 2 nitrogen and oxygen atoms in total. The molecule has 4 aliphatic carbocycles. The number of allylic oxidation sites excluding steroid dienone is 8. The molecule has 0 N–H and O–H groups in total. The van der Waals surface area contributed by atoms with Crippen LogP contribution >= 0.6 is 0 Å². The molecule has 8 aromatic carbocycles. The Morgan fingerprint density at radius 3 is 2.06 bits per heavy atom. The molecule has 4 aliphatic rings. The summed E-state index contributed by atoms with van der Waals surface area (Å²) in [6.07, 6.45) is 14.8. The fourth-order valence-corrected chi connectivity index (χ4v) is 11.3. The second-order valence-electron chi connectivity index (χ2n) is 17.5. The van der Waals surface area contributed by atoms with Crippen LogP contribution in [0.4, 0.5) is 17.1 Å². The fourth-order valence-electron chi connectivity index (χ4n) is 11.3. The summed E-state index contributed by atoms with van der Waals surface area (Å²) in [6.45, 7) is 2.36. The molecule has 0 radical (unpaired) electrons. The highest BCUT2D eigenvalue weighted by molar-refractivity contribution is 6.13. The van der Waals surface area contributed by atoms with Crippen LogP contribution in [-0.4, -0.2) is 0 Å². The largest absolute Gasteiger partial charge is 0.453 e. The van der Waals surface area contributed by atoms with Gasteiger partial charge < -0.3 is 9.32 Å². The molecule has 2 unspecified atom stereocenters. The maximum absolute atomic E-state index is 7.03. The zero-order valence-corrected chi connectivity index (χ0v) is 34.6.